The molecule has 220 valence electrons. The molecule has 5 rings (SSSR count). The van der Waals surface area contributed by atoms with Gasteiger partial charge in [0.2, 0.25) is 5.88 Å². The van der Waals surface area contributed by atoms with Gasteiger partial charge in [0, 0.05) is 55.6 Å². The monoisotopic (exact) mass is 612 g/mol. The van der Waals surface area contributed by atoms with Gasteiger partial charge in [-0.15, -0.1) is 0 Å². The van der Waals surface area contributed by atoms with Crippen molar-refractivity contribution in [1.82, 2.24) is 9.88 Å². The molecule has 42 heavy (non-hydrogen) atoms. The maximum Gasteiger partial charge on any atom is 0.326 e. The van der Waals surface area contributed by atoms with Gasteiger partial charge in [-0.2, -0.15) is 11.3 Å². The first-order valence-corrected chi connectivity index (χ1v) is 16.3. The highest BCUT2D eigenvalue weighted by Gasteiger charge is 2.30. The van der Waals surface area contributed by atoms with Gasteiger partial charge in [-0.1, -0.05) is 18.2 Å². The Bertz CT molecular complexity index is 1610. The number of rotatable bonds is 9. The van der Waals surface area contributed by atoms with E-state index < -0.39 is 27.5 Å². The number of aromatic nitrogens is 1. The van der Waals surface area contributed by atoms with Crippen LogP contribution >= 0.6 is 11.3 Å². The second-order valence-electron chi connectivity index (χ2n) is 10.2. The lowest BCUT2D eigenvalue weighted by Crippen LogP contribution is -2.49. The van der Waals surface area contributed by atoms with Gasteiger partial charge in [0.25, 0.3) is 0 Å². The molecule has 4 aromatic rings. The molecule has 1 N–H and O–H groups in total. The van der Waals surface area contributed by atoms with E-state index in [0.29, 0.717) is 23.7 Å². The Kier molecular flexibility index (Phi) is 9.15. The molecule has 0 atom stereocenters. The average Bonchev–Trinajstić information content (AvgIpc) is 3.47. The van der Waals surface area contributed by atoms with E-state index in [9.17, 15) is 22.0 Å². The molecule has 8 nitrogen and oxygen atoms in total. The number of nitrogens with one attached hydrogen (secondary N) is 1. The Morgan fingerprint density at radius 2 is 1.81 bits per heavy atom. The second-order valence-corrected chi connectivity index (χ2v) is 13.2. The van der Waals surface area contributed by atoms with Crippen LogP contribution in [-0.4, -0.2) is 49.7 Å². The smallest absolute Gasteiger partial charge is 0.326 e. The standard InChI is InChI=1S/C30H30F2N4O4S2/c1-42(38,39)20-21-2-6-26(7-3-21)40-29-9-4-22(17-33-29)18-35-13-10-24(11-14-35)36(25-12-15-41-19-25)30(37)34-28-8-5-23(31)16-27(28)32/h2-9,12,15-17,19,24H,10-11,13-14,18,20H2,1H3,(H,34,37). The van der Waals surface area contributed by atoms with Crippen molar-refractivity contribution in [3.05, 3.63) is 100 Å². The number of anilines is 2. The Balaban J connectivity index is 1.16. The summed E-state index contributed by atoms with van der Waals surface area (Å²) in [7, 11) is -3.10. The Morgan fingerprint density at radius 3 is 2.43 bits per heavy atom. The fourth-order valence-electron chi connectivity index (χ4n) is 4.89. The molecule has 0 saturated carbocycles. The number of ether oxygens (including phenoxy) is 1. The zero-order valence-corrected chi connectivity index (χ0v) is 24.5. The van der Waals surface area contributed by atoms with Crippen molar-refractivity contribution >= 4 is 38.6 Å². The summed E-state index contributed by atoms with van der Waals surface area (Å²) in [6.07, 6.45) is 4.41. The first-order chi connectivity index (χ1) is 20.1. The van der Waals surface area contributed by atoms with Crippen molar-refractivity contribution in [3.63, 3.8) is 0 Å². The molecule has 1 fully saturated rings. The number of carbonyl (C=O) groups is 1. The number of likely N-dealkylation sites (tertiary alicyclic amines) is 1. The van der Waals surface area contributed by atoms with Crippen LogP contribution in [0.1, 0.15) is 24.0 Å². The zero-order chi connectivity index (χ0) is 29.7. The van der Waals surface area contributed by atoms with Crippen molar-refractivity contribution in [1.29, 1.82) is 0 Å². The molecule has 1 saturated heterocycles. The second kappa shape index (κ2) is 13.0. The van der Waals surface area contributed by atoms with Gasteiger partial charge < -0.3 is 10.1 Å². The fraction of sp³-hybridized carbons (Fsp3) is 0.267. The number of amides is 2. The number of thiophene rings is 1. The lowest BCUT2D eigenvalue weighted by Gasteiger charge is -2.38. The minimum Gasteiger partial charge on any atom is -0.439 e. The van der Waals surface area contributed by atoms with Crippen LogP contribution in [0.2, 0.25) is 0 Å². The van der Waals surface area contributed by atoms with Gasteiger partial charge in [-0.05, 0) is 59.7 Å². The zero-order valence-electron chi connectivity index (χ0n) is 22.9. The topological polar surface area (TPSA) is 91.8 Å². The van der Waals surface area contributed by atoms with Crippen LogP contribution in [0, 0.1) is 11.6 Å². The van der Waals surface area contributed by atoms with Crippen LogP contribution in [0.5, 0.6) is 11.6 Å². The molecule has 12 heteroatoms. The van der Waals surface area contributed by atoms with Crippen LogP contribution in [0.25, 0.3) is 0 Å². The van der Waals surface area contributed by atoms with Gasteiger partial charge in [-0.3, -0.25) is 9.80 Å². The number of pyridine rings is 1. The molecule has 0 spiro atoms. The number of piperidine rings is 1. The molecule has 2 amide bonds. The SMILES string of the molecule is CS(=O)(=O)Cc1ccc(Oc2ccc(CN3CCC(N(C(=O)Nc4ccc(F)cc4F)c4ccsc4)CC3)cn2)cc1. The maximum absolute atomic E-state index is 14.2. The summed E-state index contributed by atoms with van der Waals surface area (Å²) in [5.41, 5.74) is 2.38. The minimum absolute atomic E-state index is 0.0212. The predicted molar refractivity (Wildman–Crippen MR) is 160 cm³/mol. The molecule has 0 aliphatic carbocycles. The fourth-order valence-corrected chi connectivity index (χ4v) is 6.32. The number of nitrogens with zero attached hydrogens (tertiary/aromatic N) is 3. The average molecular weight is 613 g/mol. The number of sulfone groups is 1. The molecule has 0 bridgehead atoms. The molecule has 1 aliphatic rings. The van der Waals surface area contributed by atoms with E-state index in [1.54, 1.807) is 41.4 Å². The van der Waals surface area contributed by atoms with Crippen molar-refractivity contribution in [3.8, 4) is 11.6 Å². The molecule has 2 aromatic carbocycles. The lowest BCUT2D eigenvalue weighted by atomic mass is 10.0. The quantitative estimate of drug-likeness (QED) is 0.233. The highest BCUT2D eigenvalue weighted by atomic mass is 32.2. The molecular formula is C30H30F2N4O4S2. The van der Waals surface area contributed by atoms with Crippen molar-refractivity contribution in [2.75, 3.05) is 29.6 Å². The van der Waals surface area contributed by atoms with Gasteiger partial charge >= 0.3 is 6.03 Å². The first kappa shape index (κ1) is 29.6. The summed E-state index contributed by atoms with van der Waals surface area (Å²) in [6.45, 7) is 2.19. The van der Waals surface area contributed by atoms with Crippen LogP contribution in [0.4, 0.5) is 25.0 Å². The third-order valence-electron chi connectivity index (χ3n) is 6.88. The van der Waals surface area contributed by atoms with Crippen LogP contribution in [-0.2, 0) is 22.1 Å². The van der Waals surface area contributed by atoms with E-state index in [1.807, 2.05) is 22.9 Å². The Labute approximate surface area is 247 Å². The predicted octanol–water partition coefficient (Wildman–Crippen LogP) is 6.46. The molecular weight excluding hydrogens is 582 g/mol. The molecule has 2 aromatic heterocycles. The van der Waals surface area contributed by atoms with E-state index in [1.165, 1.54) is 23.7 Å². The summed E-state index contributed by atoms with van der Waals surface area (Å²) < 4.78 is 56.3. The summed E-state index contributed by atoms with van der Waals surface area (Å²) in [5.74, 6) is -0.550. The number of carbonyl (C=O) groups excluding carboxylic acids is 1. The minimum atomic E-state index is -3.10. The summed E-state index contributed by atoms with van der Waals surface area (Å²) in [6, 6.07) is 15.0. The van der Waals surface area contributed by atoms with Crippen LogP contribution in [0.15, 0.2) is 77.6 Å². The third kappa shape index (κ3) is 7.90. The van der Waals surface area contributed by atoms with E-state index in [-0.39, 0.29) is 17.5 Å². The van der Waals surface area contributed by atoms with E-state index in [2.05, 4.69) is 15.2 Å². The van der Waals surface area contributed by atoms with Crippen molar-refractivity contribution < 1.29 is 26.7 Å². The number of halogens is 2. The largest absolute Gasteiger partial charge is 0.439 e. The number of urea groups is 1. The lowest BCUT2D eigenvalue weighted by molar-refractivity contribution is 0.199. The highest BCUT2D eigenvalue weighted by molar-refractivity contribution is 7.89. The van der Waals surface area contributed by atoms with Gasteiger partial charge in [0.05, 0.1) is 17.1 Å². The number of hydrogen-bond acceptors (Lipinski definition) is 7. The highest BCUT2D eigenvalue weighted by Crippen LogP contribution is 2.28. The molecule has 1 aliphatic heterocycles. The third-order valence-corrected chi connectivity index (χ3v) is 8.41. The normalized spacial score (nSPS) is 14.5. The van der Waals surface area contributed by atoms with Gasteiger partial charge in [0.15, 0.2) is 9.84 Å². The summed E-state index contributed by atoms with van der Waals surface area (Å²) >= 11 is 1.47. The summed E-state index contributed by atoms with van der Waals surface area (Å²) in [4.78, 5) is 21.6. The van der Waals surface area contributed by atoms with Gasteiger partial charge in [0.1, 0.15) is 17.4 Å². The molecule has 0 unspecified atom stereocenters. The van der Waals surface area contributed by atoms with Crippen molar-refractivity contribution in [2.24, 2.45) is 0 Å². The van der Waals surface area contributed by atoms with E-state index in [0.717, 1.165) is 49.3 Å². The van der Waals surface area contributed by atoms with E-state index >= 15 is 0 Å². The maximum atomic E-state index is 14.2. The number of benzene rings is 2. The summed E-state index contributed by atoms with van der Waals surface area (Å²) in [5, 5.41) is 6.37. The Morgan fingerprint density at radius 1 is 1.07 bits per heavy atom. The first-order valence-electron chi connectivity index (χ1n) is 13.3. The van der Waals surface area contributed by atoms with Crippen LogP contribution in [0.3, 0.4) is 0 Å². The molecule has 0 radical (unpaired) electrons. The Hall–Kier alpha value is -3.87. The van der Waals surface area contributed by atoms with Gasteiger partial charge in [-0.25, -0.2) is 27.0 Å². The number of hydrogen-bond donors (Lipinski definition) is 1. The van der Waals surface area contributed by atoms with E-state index in [4.69, 9.17) is 4.74 Å². The molecule has 3 heterocycles. The van der Waals surface area contributed by atoms with Crippen LogP contribution < -0.4 is 15.0 Å². The van der Waals surface area contributed by atoms with Crippen molar-refractivity contribution in [2.45, 2.75) is 31.2 Å².